The van der Waals surface area contributed by atoms with Gasteiger partial charge in [-0.2, -0.15) is 0 Å². The molecule has 0 aliphatic heterocycles. The molecule has 0 spiro atoms. The smallest absolute Gasteiger partial charge is 0.123 e. The Kier molecular flexibility index (Phi) is 3.26. The van der Waals surface area contributed by atoms with Gasteiger partial charge in [0.1, 0.15) is 5.82 Å². The lowest BCUT2D eigenvalue weighted by Gasteiger charge is -2.35. The molecule has 1 aliphatic carbocycles. The second kappa shape index (κ2) is 4.52. The molecular weight excluding hydrogens is 207 g/mol. The fraction of sp³-hybridized carbons (Fsp3) is 0.538. The van der Waals surface area contributed by atoms with E-state index in [1.807, 2.05) is 0 Å². The summed E-state index contributed by atoms with van der Waals surface area (Å²) in [6, 6.07) is 6.25. The monoisotopic (exact) mass is 224 g/mol. The van der Waals surface area contributed by atoms with Crippen LogP contribution < -0.4 is 0 Å². The van der Waals surface area contributed by atoms with E-state index in [0.717, 1.165) is 12.8 Å². The summed E-state index contributed by atoms with van der Waals surface area (Å²) in [5.74, 6) is -0.292. The molecule has 1 N–H and O–H groups in total. The topological polar surface area (TPSA) is 29.5 Å². The van der Waals surface area contributed by atoms with Crippen LogP contribution in [0.3, 0.4) is 0 Å². The minimum atomic E-state index is -0.878. The van der Waals surface area contributed by atoms with Gasteiger partial charge in [-0.1, -0.05) is 12.1 Å². The van der Waals surface area contributed by atoms with Gasteiger partial charge in [0.2, 0.25) is 0 Å². The molecule has 2 rings (SSSR count). The predicted octanol–water partition coefficient (Wildman–Crippen LogP) is 2.60. The van der Waals surface area contributed by atoms with Crippen molar-refractivity contribution in [2.24, 2.45) is 0 Å². The van der Waals surface area contributed by atoms with E-state index in [2.05, 4.69) is 0 Å². The molecule has 1 saturated carbocycles. The summed E-state index contributed by atoms with van der Waals surface area (Å²) in [5, 5.41) is 10.5. The first-order valence-electron chi connectivity index (χ1n) is 5.65. The third-order valence-electron chi connectivity index (χ3n) is 3.46. The van der Waals surface area contributed by atoms with Gasteiger partial charge in [0.15, 0.2) is 0 Å². The first-order valence-corrected chi connectivity index (χ1v) is 5.65. The highest BCUT2D eigenvalue weighted by Crippen LogP contribution is 2.37. The number of methoxy groups -OCH3 is 1. The Morgan fingerprint density at radius 3 is 2.62 bits per heavy atom. The van der Waals surface area contributed by atoms with Gasteiger partial charge in [0, 0.05) is 7.11 Å². The molecule has 1 fully saturated rings. The molecular formula is C13H17FO2. The van der Waals surface area contributed by atoms with Crippen molar-refractivity contribution in [3.05, 3.63) is 35.6 Å². The highest BCUT2D eigenvalue weighted by Gasteiger charge is 2.34. The van der Waals surface area contributed by atoms with E-state index in [-0.39, 0.29) is 11.9 Å². The summed E-state index contributed by atoms with van der Waals surface area (Å²) in [4.78, 5) is 0. The van der Waals surface area contributed by atoms with Crippen molar-refractivity contribution in [2.75, 3.05) is 7.11 Å². The number of rotatable bonds is 2. The Morgan fingerprint density at radius 1 is 1.38 bits per heavy atom. The minimum absolute atomic E-state index is 0.230. The SMILES string of the molecule is COC1CCC(O)(c2cccc(F)c2)CC1. The van der Waals surface area contributed by atoms with E-state index in [0.29, 0.717) is 18.4 Å². The molecule has 88 valence electrons. The van der Waals surface area contributed by atoms with Crippen molar-refractivity contribution >= 4 is 0 Å². The zero-order valence-electron chi connectivity index (χ0n) is 9.45. The van der Waals surface area contributed by atoms with Crippen molar-refractivity contribution in [1.29, 1.82) is 0 Å². The Bertz CT molecular complexity index is 357. The maximum atomic E-state index is 13.1. The molecule has 2 nitrogen and oxygen atoms in total. The van der Waals surface area contributed by atoms with Gasteiger partial charge in [-0.05, 0) is 43.4 Å². The predicted molar refractivity (Wildman–Crippen MR) is 59.6 cm³/mol. The summed E-state index contributed by atoms with van der Waals surface area (Å²) in [6.45, 7) is 0. The zero-order valence-corrected chi connectivity index (χ0v) is 9.45. The Morgan fingerprint density at radius 2 is 2.06 bits per heavy atom. The Balaban J connectivity index is 2.15. The standard InChI is InChI=1S/C13H17FO2/c1-16-12-5-7-13(15,8-6-12)10-3-2-4-11(14)9-10/h2-4,9,12,15H,5-8H2,1H3. The molecule has 16 heavy (non-hydrogen) atoms. The molecule has 1 aromatic rings. The zero-order chi connectivity index (χ0) is 11.6. The van der Waals surface area contributed by atoms with Crippen molar-refractivity contribution in [2.45, 2.75) is 37.4 Å². The Labute approximate surface area is 95.1 Å². The highest BCUT2D eigenvalue weighted by molar-refractivity contribution is 5.23. The van der Waals surface area contributed by atoms with Crippen LogP contribution in [0.25, 0.3) is 0 Å². The third kappa shape index (κ3) is 2.25. The van der Waals surface area contributed by atoms with Crippen molar-refractivity contribution in [3.63, 3.8) is 0 Å². The summed E-state index contributed by atoms with van der Waals surface area (Å²) in [7, 11) is 1.69. The largest absolute Gasteiger partial charge is 0.385 e. The molecule has 1 aromatic carbocycles. The lowest BCUT2D eigenvalue weighted by Crippen LogP contribution is -2.34. The van der Waals surface area contributed by atoms with Crippen LogP contribution in [0, 0.1) is 5.82 Å². The highest BCUT2D eigenvalue weighted by atomic mass is 19.1. The first-order chi connectivity index (χ1) is 7.64. The maximum Gasteiger partial charge on any atom is 0.123 e. The lowest BCUT2D eigenvalue weighted by atomic mass is 9.78. The minimum Gasteiger partial charge on any atom is -0.385 e. The molecule has 0 radical (unpaired) electrons. The summed E-state index contributed by atoms with van der Waals surface area (Å²) in [6.07, 6.45) is 3.14. The van der Waals surface area contributed by atoms with E-state index in [1.54, 1.807) is 19.2 Å². The second-order valence-electron chi connectivity index (χ2n) is 4.48. The van der Waals surface area contributed by atoms with Crippen molar-refractivity contribution < 1.29 is 14.2 Å². The molecule has 0 heterocycles. The van der Waals surface area contributed by atoms with Gasteiger partial charge in [0.25, 0.3) is 0 Å². The molecule has 0 saturated heterocycles. The number of ether oxygens (including phenoxy) is 1. The van der Waals surface area contributed by atoms with Crippen LogP contribution in [0.4, 0.5) is 4.39 Å². The number of aliphatic hydroxyl groups is 1. The molecule has 3 heteroatoms. The van der Waals surface area contributed by atoms with E-state index in [4.69, 9.17) is 4.74 Å². The molecule has 0 unspecified atom stereocenters. The fourth-order valence-corrected chi connectivity index (χ4v) is 2.37. The first kappa shape index (κ1) is 11.6. The van der Waals surface area contributed by atoms with Crippen LogP contribution in [0.1, 0.15) is 31.2 Å². The van der Waals surface area contributed by atoms with Crippen molar-refractivity contribution in [3.8, 4) is 0 Å². The van der Waals surface area contributed by atoms with Gasteiger partial charge in [-0.25, -0.2) is 4.39 Å². The quantitative estimate of drug-likeness (QED) is 0.836. The van der Waals surface area contributed by atoms with Gasteiger partial charge >= 0.3 is 0 Å². The molecule has 1 aliphatic rings. The van der Waals surface area contributed by atoms with Gasteiger partial charge in [-0.3, -0.25) is 0 Å². The number of benzene rings is 1. The van der Waals surface area contributed by atoms with E-state index < -0.39 is 5.60 Å². The summed E-state index contributed by atoms with van der Waals surface area (Å²) < 4.78 is 18.4. The average molecular weight is 224 g/mol. The van der Waals surface area contributed by atoms with Gasteiger partial charge in [0.05, 0.1) is 11.7 Å². The van der Waals surface area contributed by atoms with Crippen LogP contribution in [0.15, 0.2) is 24.3 Å². The molecule has 0 atom stereocenters. The second-order valence-corrected chi connectivity index (χ2v) is 4.48. The van der Waals surface area contributed by atoms with Crippen LogP contribution in [-0.4, -0.2) is 18.3 Å². The summed E-state index contributed by atoms with van der Waals surface area (Å²) >= 11 is 0. The van der Waals surface area contributed by atoms with E-state index >= 15 is 0 Å². The lowest BCUT2D eigenvalue weighted by molar-refractivity contribution is -0.0475. The van der Waals surface area contributed by atoms with E-state index in [9.17, 15) is 9.50 Å². The van der Waals surface area contributed by atoms with Crippen LogP contribution in [0.5, 0.6) is 0 Å². The van der Waals surface area contributed by atoms with Crippen LogP contribution in [0.2, 0.25) is 0 Å². The summed E-state index contributed by atoms with van der Waals surface area (Å²) in [5.41, 5.74) is -0.195. The number of halogens is 1. The van der Waals surface area contributed by atoms with Crippen LogP contribution in [-0.2, 0) is 10.3 Å². The average Bonchev–Trinajstić information content (AvgIpc) is 2.30. The normalized spacial score (nSPS) is 30.3. The fourth-order valence-electron chi connectivity index (χ4n) is 2.37. The third-order valence-corrected chi connectivity index (χ3v) is 3.46. The Hall–Kier alpha value is -0.930. The molecule has 0 aromatic heterocycles. The van der Waals surface area contributed by atoms with Gasteiger partial charge in [-0.15, -0.1) is 0 Å². The number of hydrogen-bond donors (Lipinski definition) is 1. The molecule has 0 bridgehead atoms. The number of hydrogen-bond acceptors (Lipinski definition) is 2. The van der Waals surface area contributed by atoms with Crippen molar-refractivity contribution in [1.82, 2.24) is 0 Å². The van der Waals surface area contributed by atoms with E-state index in [1.165, 1.54) is 12.1 Å². The molecule has 0 amide bonds. The van der Waals surface area contributed by atoms with Gasteiger partial charge < -0.3 is 9.84 Å². The maximum absolute atomic E-state index is 13.1. The van der Waals surface area contributed by atoms with Crippen LogP contribution >= 0.6 is 0 Å².